The third kappa shape index (κ3) is 4.59. The normalized spacial score (nSPS) is 10.4. The second-order valence-corrected chi connectivity index (χ2v) is 4.74. The number of aromatic nitrogens is 3. The van der Waals surface area contributed by atoms with Gasteiger partial charge in [0.2, 0.25) is 5.91 Å². The van der Waals surface area contributed by atoms with E-state index in [9.17, 15) is 4.79 Å². The van der Waals surface area contributed by atoms with Gasteiger partial charge in [0.15, 0.2) is 0 Å². The SMILES string of the molecule is CCOc1cc(C)ccc1NC(=O)CCCn1cncn1. The summed E-state index contributed by atoms with van der Waals surface area (Å²) in [6, 6.07) is 5.75. The summed E-state index contributed by atoms with van der Waals surface area (Å²) in [5.74, 6) is 0.682. The number of hydrogen-bond donors (Lipinski definition) is 1. The van der Waals surface area contributed by atoms with Crippen LogP contribution < -0.4 is 10.1 Å². The van der Waals surface area contributed by atoms with E-state index in [1.165, 1.54) is 6.33 Å². The minimum Gasteiger partial charge on any atom is -0.492 e. The summed E-state index contributed by atoms with van der Waals surface area (Å²) >= 11 is 0. The first-order valence-corrected chi connectivity index (χ1v) is 7.04. The molecule has 1 amide bonds. The number of carbonyl (C=O) groups excluding carboxylic acids is 1. The number of aryl methyl sites for hydroxylation is 2. The molecule has 0 aliphatic carbocycles. The van der Waals surface area contributed by atoms with Gasteiger partial charge in [0, 0.05) is 13.0 Å². The Hall–Kier alpha value is -2.37. The van der Waals surface area contributed by atoms with Crippen LogP contribution in [0.2, 0.25) is 0 Å². The van der Waals surface area contributed by atoms with E-state index in [-0.39, 0.29) is 5.91 Å². The van der Waals surface area contributed by atoms with Crippen molar-refractivity contribution >= 4 is 11.6 Å². The highest BCUT2D eigenvalue weighted by molar-refractivity contribution is 5.92. The largest absolute Gasteiger partial charge is 0.492 e. The molecular formula is C15H20N4O2. The summed E-state index contributed by atoms with van der Waals surface area (Å²) in [6.45, 7) is 5.16. The van der Waals surface area contributed by atoms with Crippen molar-refractivity contribution in [2.75, 3.05) is 11.9 Å². The molecule has 0 radical (unpaired) electrons. The van der Waals surface area contributed by atoms with Crippen LogP contribution in [-0.2, 0) is 11.3 Å². The predicted molar refractivity (Wildman–Crippen MR) is 80.2 cm³/mol. The van der Waals surface area contributed by atoms with E-state index in [1.807, 2.05) is 32.0 Å². The lowest BCUT2D eigenvalue weighted by atomic mass is 10.2. The number of carbonyl (C=O) groups is 1. The topological polar surface area (TPSA) is 69.0 Å². The Balaban J connectivity index is 1.87. The van der Waals surface area contributed by atoms with E-state index in [0.29, 0.717) is 37.4 Å². The van der Waals surface area contributed by atoms with Crippen molar-refractivity contribution in [2.45, 2.75) is 33.2 Å². The molecule has 1 N–H and O–H groups in total. The van der Waals surface area contributed by atoms with Crippen molar-refractivity contribution in [3.05, 3.63) is 36.4 Å². The number of ether oxygens (including phenoxy) is 1. The number of anilines is 1. The highest BCUT2D eigenvalue weighted by Gasteiger charge is 2.08. The number of rotatable bonds is 7. The second kappa shape index (κ2) is 7.42. The van der Waals surface area contributed by atoms with Crippen molar-refractivity contribution in [3.8, 4) is 5.75 Å². The maximum atomic E-state index is 12.0. The van der Waals surface area contributed by atoms with Crippen LogP contribution in [0.3, 0.4) is 0 Å². The van der Waals surface area contributed by atoms with Crippen molar-refractivity contribution in [1.29, 1.82) is 0 Å². The standard InChI is InChI=1S/C15H20N4O2/c1-3-21-14-9-12(2)6-7-13(14)18-15(20)5-4-8-19-11-16-10-17-19/h6-7,9-11H,3-5,8H2,1-2H3,(H,18,20). The number of amides is 1. The number of nitrogens with zero attached hydrogens (tertiary/aromatic N) is 3. The molecule has 1 aromatic carbocycles. The minimum absolute atomic E-state index is 0.0279. The van der Waals surface area contributed by atoms with E-state index >= 15 is 0 Å². The molecule has 112 valence electrons. The van der Waals surface area contributed by atoms with Crippen LogP contribution in [-0.4, -0.2) is 27.3 Å². The summed E-state index contributed by atoms with van der Waals surface area (Å²) in [6.07, 6.45) is 4.27. The third-order valence-electron chi connectivity index (χ3n) is 2.97. The number of nitrogens with one attached hydrogen (secondary N) is 1. The van der Waals surface area contributed by atoms with Crippen LogP contribution in [0.1, 0.15) is 25.3 Å². The van der Waals surface area contributed by atoms with Crippen LogP contribution >= 0.6 is 0 Å². The van der Waals surface area contributed by atoms with Gasteiger partial charge in [0.25, 0.3) is 0 Å². The van der Waals surface area contributed by atoms with Gasteiger partial charge in [0.1, 0.15) is 18.4 Å². The lowest BCUT2D eigenvalue weighted by molar-refractivity contribution is -0.116. The molecule has 21 heavy (non-hydrogen) atoms. The third-order valence-corrected chi connectivity index (χ3v) is 2.97. The van der Waals surface area contributed by atoms with Crippen LogP contribution in [0.15, 0.2) is 30.9 Å². The molecule has 0 aliphatic heterocycles. The fourth-order valence-electron chi connectivity index (χ4n) is 1.97. The van der Waals surface area contributed by atoms with Crippen molar-refractivity contribution in [2.24, 2.45) is 0 Å². The average Bonchev–Trinajstić information content (AvgIpc) is 2.95. The van der Waals surface area contributed by atoms with Crippen LogP contribution in [0.4, 0.5) is 5.69 Å². The second-order valence-electron chi connectivity index (χ2n) is 4.74. The molecule has 0 atom stereocenters. The van der Waals surface area contributed by atoms with Gasteiger partial charge in [-0.2, -0.15) is 5.10 Å². The fraction of sp³-hybridized carbons (Fsp3) is 0.400. The molecule has 6 nitrogen and oxygen atoms in total. The lowest BCUT2D eigenvalue weighted by Crippen LogP contribution is -2.13. The molecule has 0 fully saturated rings. The smallest absolute Gasteiger partial charge is 0.224 e. The quantitative estimate of drug-likeness (QED) is 0.849. The van der Waals surface area contributed by atoms with Crippen LogP contribution in [0, 0.1) is 6.92 Å². The monoisotopic (exact) mass is 288 g/mol. The molecule has 0 aliphatic rings. The van der Waals surface area contributed by atoms with Crippen LogP contribution in [0.5, 0.6) is 5.75 Å². The zero-order valence-electron chi connectivity index (χ0n) is 12.4. The van der Waals surface area contributed by atoms with Gasteiger partial charge in [-0.1, -0.05) is 6.07 Å². The lowest BCUT2D eigenvalue weighted by Gasteiger charge is -2.12. The van der Waals surface area contributed by atoms with Crippen molar-refractivity contribution in [3.63, 3.8) is 0 Å². The molecule has 1 aromatic heterocycles. The van der Waals surface area contributed by atoms with E-state index in [0.717, 1.165) is 5.56 Å². The first kappa shape index (κ1) is 15.0. The van der Waals surface area contributed by atoms with E-state index in [4.69, 9.17) is 4.74 Å². The Kier molecular flexibility index (Phi) is 5.31. The fourth-order valence-corrected chi connectivity index (χ4v) is 1.97. The molecule has 2 rings (SSSR count). The van der Waals surface area contributed by atoms with Gasteiger partial charge in [-0.3, -0.25) is 9.48 Å². The molecule has 2 aromatic rings. The summed E-state index contributed by atoms with van der Waals surface area (Å²) in [5, 5.41) is 6.89. The molecule has 1 heterocycles. The van der Waals surface area contributed by atoms with E-state index in [2.05, 4.69) is 15.4 Å². The minimum atomic E-state index is -0.0279. The van der Waals surface area contributed by atoms with Gasteiger partial charge in [-0.25, -0.2) is 4.98 Å². The first-order chi connectivity index (χ1) is 10.2. The Labute approximate surface area is 124 Å². The maximum absolute atomic E-state index is 12.0. The molecule has 0 saturated carbocycles. The van der Waals surface area contributed by atoms with Crippen molar-refractivity contribution < 1.29 is 9.53 Å². The van der Waals surface area contributed by atoms with Gasteiger partial charge >= 0.3 is 0 Å². The molecule has 6 heteroatoms. The highest BCUT2D eigenvalue weighted by Crippen LogP contribution is 2.25. The molecule has 0 saturated heterocycles. The summed E-state index contributed by atoms with van der Waals surface area (Å²) in [5.41, 5.74) is 1.82. The van der Waals surface area contributed by atoms with Gasteiger partial charge in [0.05, 0.1) is 12.3 Å². The number of benzene rings is 1. The summed E-state index contributed by atoms with van der Waals surface area (Å²) < 4.78 is 7.26. The van der Waals surface area contributed by atoms with E-state index in [1.54, 1.807) is 11.0 Å². The molecule has 0 bridgehead atoms. The zero-order chi connectivity index (χ0) is 15.1. The Bertz CT molecular complexity index is 581. The number of hydrogen-bond acceptors (Lipinski definition) is 4. The first-order valence-electron chi connectivity index (χ1n) is 7.04. The van der Waals surface area contributed by atoms with Crippen molar-refractivity contribution in [1.82, 2.24) is 14.8 Å². The predicted octanol–water partition coefficient (Wildman–Crippen LogP) is 2.40. The maximum Gasteiger partial charge on any atom is 0.224 e. The summed E-state index contributed by atoms with van der Waals surface area (Å²) in [7, 11) is 0. The molecular weight excluding hydrogens is 268 g/mol. The summed E-state index contributed by atoms with van der Waals surface area (Å²) in [4.78, 5) is 15.8. The van der Waals surface area contributed by atoms with E-state index < -0.39 is 0 Å². The Morgan fingerprint density at radius 2 is 2.29 bits per heavy atom. The average molecular weight is 288 g/mol. The van der Waals surface area contributed by atoms with Gasteiger partial charge in [-0.05, 0) is 38.0 Å². The van der Waals surface area contributed by atoms with Gasteiger partial charge < -0.3 is 10.1 Å². The van der Waals surface area contributed by atoms with Gasteiger partial charge in [-0.15, -0.1) is 0 Å². The van der Waals surface area contributed by atoms with Crippen LogP contribution in [0.25, 0.3) is 0 Å². The molecule has 0 spiro atoms. The Morgan fingerprint density at radius 3 is 3.00 bits per heavy atom. The highest BCUT2D eigenvalue weighted by atomic mass is 16.5. The Morgan fingerprint density at radius 1 is 1.43 bits per heavy atom. The molecule has 0 unspecified atom stereocenters. The zero-order valence-corrected chi connectivity index (χ0v) is 12.4.